The quantitative estimate of drug-likeness (QED) is 0.747. The van der Waals surface area contributed by atoms with E-state index in [1.165, 1.54) is 12.4 Å². The number of hydrogen-bond acceptors (Lipinski definition) is 6. The molecule has 0 unspecified atom stereocenters. The Kier molecular flexibility index (Phi) is 3.68. The van der Waals surface area contributed by atoms with Crippen molar-refractivity contribution >= 4 is 5.91 Å². The third kappa shape index (κ3) is 2.78. The molecule has 0 spiro atoms. The summed E-state index contributed by atoms with van der Waals surface area (Å²) in [5, 5.41) is 20.4. The molecule has 0 fully saturated rings. The number of carbonyl (C=O) groups is 1. The highest BCUT2D eigenvalue weighted by atomic mass is 19.4. The first-order valence-electron chi connectivity index (χ1n) is 6.55. The van der Waals surface area contributed by atoms with Crippen molar-refractivity contribution < 1.29 is 18.0 Å². The number of nitriles is 1. The van der Waals surface area contributed by atoms with Gasteiger partial charge in [0, 0.05) is 0 Å². The molecule has 0 bridgehead atoms. The lowest BCUT2D eigenvalue weighted by molar-refractivity contribution is -0.143. The van der Waals surface area contributed by atoms with Gasteiger partial charge in [-0.2, -0.15) is 33.7 Å². The molecule has 0 saturated carbocycles. The van der Waals surface area contributed by atoms with Crippen LogP contribution in [0.25, 0.3) is 11.5 Å². The average Bonchev–Trinajstić information content (AvgIpc) is 3.23. The third-order valence-electron chi connectivity index (χ3n) is 3.13. The second kappa shape index (κ2) is 5.71. The molecule has 126 valence electrons. The second-order valence-electron chi connectivity index (χ2n) is 4.68. The van der Waals surface area contributed by atoms with Gasteiger partial charge in [0.05, 0.1) is 36.0 Å². The molecular weight excluding hydrogens is 341 g/mol. The summed E-state index contributed by atoms with van der Waals surface area (Å²) in [5.74, 6) is -1.24. The van der Waals surface area contributed by atoms with Crippen molar-refractivity contribution in [2.45, 2.75) is 6.18 Å². The van der Waals surface area contributed by atoms with E-state index in [1.807, 2.05) is 0 Å². The number of amides is 1. The fourth-order valence-corrected chi connectivity index (χ4v) is 2.13. The van der Waals surface area contributed by atoms with Crippen molar-refractivity contribution in [1.29, 1.82) is 5.26 Å². The minimum absolute atomic E-state index is 0.0343. The Balaban J connectivity index is 2.19. The number of halogens is 3. The zero-order valence-corrected chi connectivity index (χ0v) is 12.1. The topological polar surface area (TPSA) is 128 Å². The van der Waals surface area contributed by atoms with E-state index >= 15 is 0 Å². The van der Waals surface area contributed by atoms with E-state index in [1.54, 1.807) is 6.07 Å². The van der Waals surface area contributed by atoms with Gasteiger partial charge in [-0.25, -0.2) is 9.67 Å². The van der Waals surface area contributed by atoms with E-state index in [0.29, 0.717) is 10.9 Å². The molecule has 0 radical (unpaired) electrons. The Morgan fingerprint density at radius 3 is 2.44 bits per heavy atom. The van der Waals surface area contributed by atoms with Crippen LogP contribution in [0, 0.1) is 11.3 Å². The van der Waals surface area contributed by atoms with Gasteiger partial charge in [-0.05, 0) is 6.07 Å². The van der Waals surface area contributed by atoms with Gasteiger partial charge in [-0.3, -0.25) is 4.79 Å². The minimum atomic E-state index is -4.89. The van der Waals surface area contributed by atoms with Gasteiger partial charge in [0.15, 0.2) is 11.5 Å². The Labute approximate surface area is 137 Å². The third-order valence-corrected chi connectivity index (χ3v) is 3.13. The molecule has 0 aliphatic heterocycles. The fraction of sp³-hybridized carbons (Fsp3) is 0.0769. The van der Waals surface area contributed by atoms with Crippen LogP contribution in [0.2, 0.25) is 0 Å². The molecular formula is C13H7F3N8O. The lowest BCUT2D eigenvalue weighted by Gasteiger charge is -2.12. The van der Waals surface area contributed by atoms with Crippen LogP contribution in [0.4, 0.5) is 13.2 Å². The molecule has 0 saturated heterocycles. The highest BCUT2D eigenvalue weighted by Gasteiger charge is 2.40. The monoisotopic (exact) mass is 348 g/mol. The summed E-state index contributed by atoms with van der Waals surface area (Å²) in [6.45, 7) is 0. The van der Waals surface area contributed by atoms with E-state index in [4.69, 9.17) is 5.73 Å². The summed E-state index contributed by atoms with van der Waals surface area (Å²) in [4.78, 5) is 16.2. The summed E-state index contributed by atoms with van der Waals surface area (Å²) in [6.07, 6.45) is -0.432. The van der Waals surface area contributed by atoms with Crippen LogP contribution in [-0.2, 0) is 6.18 Å². The summed E-state index contributed by atoms with van der Waals surface area (Å²) >= 11 is 0. The van der Waals surface area contributed by atoms with Crippen molar-refractivity contribution in [2.75, 3.05) is 0 Å². The van der Waals surface area contributed by atoms with Crippen LogP contribution in [0.1, 0.15) is 21.6 Å². The molecule has 0 aromatic carbocycles. The Hall–Kier alpha value is -3.75. The maximum absolute atomic E-state index is 13.3. The van der Waals surface area contributed by atoms with Crippen molar-refractivity contribution in [1.82, 2.24) is 29.8 Å². The second-order valence-corrected chi connectivity index (χ2v) is 4.68. The maximum Gasteiger partial charge on any atom is 0.434 e. The predicted molar refractivity (Wildman–Crippen MR) is 74.5 cm³/mol. The number of nitrogens with two attached hydrogens (primary N) is 1. The first kappa shape index (κ1) is 16.1. The smallest absolute Gasteiger partial charge is 0.365 e. The van der Waals surface area contributed by atoms with Crippen LogP contribution in [0.5, 0.6) is 0 Å². The van der Waals surface area contributed by atoms with E-state index in [-0.39, 0.29) is 17.1 Å². The van der Waals surface area contributed by atoms with E-state index in [2.05, 4.69) is 20.3 Å². The highest BCUT2D eigenvalue weighted by molar-refractivity contribution is 5.94. The molecule has 3 aromatic heterocycles. The molecule has 3 heterocycles. The first-order chi connectivity index (χ1) is 11.8. The number of pyridine rings is 1. The number of rotatable bonds is 3. The molecule has 12 heteroatoms. The van der Waals surface area contributed by atoms with Gasteiger partial charge < -0.3 is 5.73 Å². The number of primary amides is 1. The Morgan fingerprint density at radius 2 is 1.88 bits per heavy atom. The molecule has 0 atom stereocenters. The maximum atomic E-state index is 13.3. The van der Waals surface area contributed by atoms with Crippen LogP contribution in [0.15, 0.2) is 30.9 Å². The number of aromatic nitrogens is 6. The molecule has 0 aliphatic rings. The van der Waals surface area contributed by atoms with Gasteiger partial charge in [0.25, 0.3) is 5.91 Å². The molecule has 3 rings (SSSR count). The van der Waals surface area contributed by atoms with Crippen LogP contribution in [-0.4, -0.2) is 35.7 Å². The van der Waals surface area contributed by atoms with Crippen molar-refractivity contribution in [2.24, 2.45) is 5.73 Å². The first-order valence-corrected chi connectivity index (χ1v) is 6.55. The van der Waals surface area contributed by atoms with Gasteiger partial charge in [-0.15, -0.1) is 4.80 Å². The number of hydrogen-bond donors (Lipinski definition) is 1. The van der Waals surface area contributed by atoms with Crippen molar-refractivity contribution in [3.05, 3.63) is 47.7 Å². The van der Waals surface area contributed by atoms with Gasteiger partial charge in [0.2, 0.25) is 0 Å². The summed E-state index contributed by atoms with van der Waals surface area (Å²) in [7, 11) is 0. The molecule has 3 aromatic rings. The van der Waals surface area contributed by atoms with Gasteiger partial charge >= 0.3 is 6.18 Å². The normalized spacial score (nSPS) is 11.3. The lowest BCUT2D eigenvalue weighted by Crippen LogP contribution is -2.21. The fourth-order valence-electron chi connectivity index (χ4n) is 2.13. The molecule has 9 nitrogen and oxygen atoms in total. The van der Waals surface area contributed by atoms with E-state index in [0.717, 1.165) is 17.1 Å². The number of alkyl halides is 3. The Bertz CT molecular complexity index is 984. The predicted octanol–water partition coefficient (Wildman–Crippen LogP) is 0.837. The SMILES string of the molecule is N#Cc1cc(-n2ncc(C(N)=O)c2C(F)(F)F)cnc1-n1nccn1. The molecule has 0 aliphatic carbocycles. The summed E-state index contributed by atoms with van der Waals surface area (Å²) in [5.41, 5.74) is 2.57. The van der Waals surface area contributed by atoms with Crippen LogP contribution < -0.4 is 5.73 Å². The minimum Gasteiger partial charge on any atom is -0.365 e. The van der Waals surface area contributed by atoms with Crippen molar-refractivity contribution in [3.63, 3.8) is 0 Å². The average molecular weight is 348 g/mol. The lowest BCUT2D eigenvalue weighted by atomic mass is 10.2. The Morgan fingerprint density at radius 1 is 1.20 bits per heavy atom. The zero-order chi connectivity index (χ0) is 18.2. The van der Waals surface area contributed by atoms with Crippen LogP contribution in [0.3, 0.4) is 0 Å². The molecule has 2 N–H and O–H groups in total. The molecule has 1 amide bonds. The molecule has 25 heavy (non-hydrogen) atoms. The standard InChI is InChI=1S/C13H7F3N8O/c14-13(15,16)10-9(11(18)25)6-22-23(10)8-3-7(4-17)12(19-5-8)24-20-1-2-21-24/h1-3,5-6H,(H2,18,25). The van der Waals surface area contributed by atoms with E-state index in [9.17, 15) is 23.2 Å². The summed E-state index contributed by atoms with van der Waals surface area (Å²) in [6, 6.07) is 2.93. The summed E-state index contributed by atoms with van der Waals surface area (Å²) < 4.78 is 40.3. The van der Waals surface area contributed by atoms with Gasteiger partial charge in [-0.1, -0.05) is 0 Å². The largest absolute Gasteiger partial charge is 0.434 e. The number of carbonyl (C=O) groups excluding carboxylic acids is 1. The van der Waals surface area contributed by atoms with E-state index < -0.39 is 23.3 Å². The number of nitrogens with zero attached hydrogens (tertiary/aromatic N) is 7. The van der Waals surface area contributed by atoms with Crippen LogP contribution >= 0.6 is 0 Å². The van der Waals surface area contributed by atoms with Crippen molar-refractivity contribution in [3.8, 4) is 17.6 Å². The zero-order valence-electron chi connectivity index (χ0n) is 12.1. The highest BCUT2D eigenvalue weighted by Crippen LogP contribution is 2.33. The van der Waals surface area contributed by atoms with Gasteiger partial charge in [0.1, 0.15) is 11.6 Å².